The highest BCUT2D eigenvalue weighted by Gasteiger charge is 2.35. The number of nitrogens with zero attached hydrogens (tertiary/aromatic N) is 2. The smallest absolute Gasteiger partial charge is 0.323 e. The number of likely N-dealkylation sites (tertiary alicyclic amines) is 1. The number of ether oxygens (including phenoxy) is 1. The molecule has 0 bridgehead atoms. The van der Waals surface area contributed by atoms with Crippen LogP contribution in [-0.2, 0) is 9.59 Å². The van der Waals surface area contributed by atoms with Gasteiger partial charge in [-0.2, -0.15) is 0 Å². The predicted octanol–water partition coefficient (Wildman–Crippen LogP) is 5.29. The second-order valence-corrected chi connectivity index (χ2v) is 9.63. The van der Waals surface area contributed by atoms with Crippen LogP contribution in [0.5, 0.6) is 5.75 Å². The third kappa shape index (κ3) is 6.74. The van der Waals surface area contributed by atoms with Crippen LogP contribution >= 0.6 is 0 Å². The fourth-order valence-corrected chi connectivity index (χ4v) is 5.13. The molecule has 3 aromatic carbocycles. The predicted molar refractivity (Wildman–Crippen MR) is 151 cm³/mol. The molecule has 3 amide bonds. The van der Waals surface area contributed by atoms with Gasteiger partial charge in [0, 0.05) is 43.5 Å². The fraction of sp³-hybridized carbons (Fsp3) is 0.300. The number of carboxylic acid groups (broad SMARTS) is 1. The maximum Gasteiger partial charge on any atom is 0.323 e. The number of aryl methyl sites for hydroxylation is 1. The number of amides is 3. The molecule has 3 aromatic rings. The molecular weight excluding hydrogens is 496 g/mol. The van der Waals surface area contributed by atoms with Crippen LogP contribution in [0.2, 0.25) is 0 Å². The van der Waals surface area contributed by atoms with Crippen LogP contribution in [0, 0.1) is 6.92 Å². The summed E-state index contributed by atoms with van der Waals surface area (Å²) in [7, 11) is 1.51. The van der Waals surface area contributed by atoms with Crippen molar-refractivity contribution in [3.63, 3.8) is 0 Å². The van der Waals surface area contributed by atoms with E-state index in [1.54, 1.807) is 23.1 Å². The summed E-state index contributed by atoms with van der Waals surface area (Å²) in [5.41, 5.74) is 3.70. The zero-order valence-electron chi connectivity index (χ0n) is 22.4. The van der Waals surface area contributed by atoms with Crippen LogP contribution in [-0.4, -0.2) is 54.2 Å². The highest BCUT2D eigenvalue weighted by atomic mass is 16.5. The molecule has 2 unspecified atom stereocenters. The summed E-state index contributed by atoms with van der Waals surface area (Å²) in [6, 6.07) is 21.5. The normalized spacial score (nSPS) is 15.8. The molecule has 1 heterocycles. The van der Waals surface area contributed by atoms with Gasteiger partial charge in [-0.25, -0.2) is 4.79 Å². The van der Waals surface area contributed by atoms with E-state index < -0.39 is 12.0 Å². The summed E-state index contributed by atoms with van der Waals surface area (Å²) >= 11 is 0. The molecule has 0 radical (unpaired) electrons. The molecule has 1 aliphatic heterocycles. The molecule has 4 rings (SSSR count). The van der Waals surface area contributed by atoms with Crippen molar-refractivity contribution in [2.24, 2.45) is 0 Å². The number of carboxylic acids is 1. The lowest BCUT2D eigenvalue weighted by Crippen LogP contribution is -2.41. The second kappa shape index (κ2) is 12.4. The standard InChI is InChI=1S/C30H34N4O5/c1-20-9-7-8-12-25(20)31-30(38)32-26-14-13-23(17-28(26)39-3)34(21(2)35)24-15-16-33(19-24)27(18-29(36)37)22-10-5-4-6-11-22/h4-14,17,24,27H,15-16,18-19H2,1-3H3,(H,36,37)(H2,31,32,38). The molecule has 1 saturated heterocycles. The molecule has 0 spiro atoms. The summed E-state index contributed by atoms with van der Waals surface area (Å²) in [6.45, 7) is 4.63. The molecule has 1 fully saturated rings. The van der Waals surface area contributed by atoms with Crippen LogP contribution < -0.4 is 20.3 Å². The lowest BCUT2D eigenvalue weighted by molar-refractivity contribution is -0.138. The van der Waals surface area contributed by atoms with Crippen LogP contribution in [0.25, 0.3) is 0 Å². The van der Waals surface area contributed by atoms with E-state index in [0.29, 0.717) is 42.3 Å². The average molecular weight is 531 g/mol. The Bertz CT molecular complexity index is 1330. The molecule has 39 heavy (non-hydrogen) atoms. The van der Waals surface area contributed by atoms with Crippen molar-refractivity contribution < 1.29 is 24.2 Å². The number of anilines is 3. The van der Waals surface area contributed by atoms with Crippen LogP contribution in [0.1, 0.15) is 36.9 Å². The van der Waals surface area contributed by atoms with Gasteiger partial charge in [-0.15, -0.1) is 0 Å². The largest absolute Gasteiger partial charge is 0.494 e. The first kappa shape index (κ1) is 27.7. The minimum atomic E-state index is -0.866. The topological polar surface area (TPSA) is 111 Å². The van der Waals surface area contributed by atoms with Crippen molar-refractivity contribution in [2.75, 3.05) is 35.7 Å². The number of para-hydroxylation sites is 1. The van der Waals surface area contributed by atoms with E-state index in [0.717, 1.165) is 11.1 Å². The molecule has 0 aromatic heterocycles. The van der Waals surface area contributed by atoms with E-state index in [1.807, 2.05) is 61.5 Å². The zero-order valence-corrected chi connectivity index (χ0v) is 22.4. The summed E-state index contributed by atoms with van der Waals surface area (Å²) in [6.07, 6.45) is 0.680. The van der Waals surface area contributed by atoms with E-state index >= 15 is 0 Å². The molecule has 9 nitrogen and oxygen atoms in total. The highest BCUT2D eigenvalue weighted by molar-refractivity contribution is 6.01. The van der Waals surface area contributed by atoms with Gasteiger partial charge in [-0.1, -0.05) is 48.5 Å². The molecule has 1 aliphatic rings. The minimum absolute atomic E-state index is 0.0183. The minimum Gasteiger partial charge on any atom is -0.494 e. The number of benzene rings is 3. The molecule has 204 valence electrons. The Hall–Kier alpha value is -4.37. The first-order valence-electron chi connectivity index (χ1n) is 12.9. The maximum absolute atomic E-state index is 12.8. The van der Waals surface area contributed by atoms with Crippen molar-refractivity contribution in [3.05, 3.63) is 83.9 Å². The van der Waals surface area contributed by atoms with Crippen molar-refractivity contribution in [2.45, 2.75) is 38.8 Å². The van der Waals surface area contributed by atoms with Gasteiger partial charge in [0.2, 0.25) is 5.91 Å². The van der Waals surface area contributed by atoms with Gasteiger partial charge in [0.05, 0.1) is 25.3 Å². The average Bonchev–Trinajstić information content (AvgIpc) is 3.39. The maximum atomic E-state index is 12.8. The van der Waals surface area contributed by atoms with Crippen molar-refractivity contribution >= 4 is 35.0 Å². The molecular formula is C30H34N4O5. The number of urea groups is 1. The Balaban J connectivity index is 1.51. The zero-order chi connectivity index (χ0) is 27.9. The van der Waals surface area contributed by atoms with E-state index in [9.17, 15) is 19.5 Å². The van der Waals surface area contributed by atoms with Crippen LogP contribution in [0.15, 0.2) is 72.8 Å². The van der Waals surface area contributed by atoms with E-state index in [1.165, 1.54) is 14.0 Å². The molecule has 0 aliphatic carbocycles. The van der Waals surface area contributed by atoms with Gasteiger partial charge in [-0.05, 0) is 42.7 Å². The Morgan fingerprint density at radius 1 is 1.03 bits per heavy atom. The lowest BCUT2D eigenvalue weighted by atomic mass is 10.0. The fourth-order valence-electron chi connectivity index (χ4n) is 5.13. The first-order valence-corrected chi connectivity index (χ1v) is 12.9. The number of aliphatic carboxylic acids is 1. The summed E-state index contributed by atoms with van der Waals surface area (Å²) < 4.78 is 5.56. The van der Waals surface area contributed by atoms with Gasteiger partial charge < -0.3 is 25.4 Å². The van der Waals surface area contributed by atoms with E-state index in [-0.39, 0.29) is 24.4 Å². The molecule has 9 heteroatoms. The van der Waals surface area contributed by atoms with Gasteiger partial charge >= 0.3 is 12.0 Å². The number of carbonyl (C=O) groups is 3. The Morgan fingerprint density at radius 3 is 2.38 bits per heavy atom. The van der Waals surface area contributed by atoms with Crippen molar-refractivity contribution in [1.29, 1.82) is 0 Å². The quantitative estimate of drug-likeness (QED) is 0.347. The summed E-state index contributed by atoms with van der Waals surface area (Å²) in [5.74, 6) is -0.576. The van der Waals surface area contributed by atoms with Gasteiger partial charge in [0.1, 0.15) is 5.75 Å². The van der Waals surface area contributed by atoms with Crippen LogP contribution in [0.4, 0.5) is 21.9 Å². The van der Waals surface area contributed by atoms with Crippen molar-refractivity contribution in [3.8, 4) is 5.75 Å². The second-order valence-electron chi connectivity index (χ2n) is 9.63. The Morgan fingerprint density at radius 2 is 1.72 bits per heavy atom. The third-order valence-electron chi connectivity index (χ3n) is 7.00. The van der Waals surface area contributed by atoms with E-state index in [4.69, 9.17) is 4.74 Å². The first-order chi connectivity index (χ1) is 18.8. The summed E-state index contributed by atoms with van der Waals surface area (Å²) in [4.78, 5) is 41.0. The van der Waals surface area contributed by atoms with Gasteiger partial charge in [0.25, 0.3) is 0 Å². The highest BCUT2D eigenvalue weighted by Crippen LogP contribution is 2.35. The Kier molecular flexibility index (Phi) is 8.83. The molecule has 2 atom stereocenters. The molecule has 3 N–H and O–H groups in total. The van der Waals surface area contributed by atoms with Crippen LogP contribution in [0.3, 0.4) is 0 Å². The van der Waals surface area contributed by atoms with Crippen molar-refractivity contribution in [1.82, 2.24) is 4.90 Å². The number of hydrogen-bond donors (Lipinski definition) is 3. The number of rotatable bonds is 9. The lowest BCUT2D eigenvalue weighted by Gasteiger charge is -2.31. The van der Waals surface area contributed by atoms with Gasteiger partial charge in [-0.3, -0.25) is 14.5 Å². The SMILES string of the molecule is COc1cc(N(C(C)=O)C2CCN(C(CC(=O)O)c3ccccc3)C2)ccc1NC(=O)Nc1ccccc1C. The number of methoxy groups -OCH3 is 1. The monoisotopic (exact) mass is 530 g/mol. The molecule has 0 saturated carbocycles. The third-order valence-corrected chi connectivity index (χ3v) is 7.00. The van der Waals surface area contributed by atoms with Gasteiger partial charge in [0.15, 0.2) is 0 Å². The Labute approximate surface area is 228 Å². The number of nitrogens with one attached hydrogen (secondary N) is 2. The number of carbonyl (C=O) groups excluding carboxylic acids is 2. The number of hydrogen-bond acceptors (Lipinski definition) is 5. The van der Waals surface area contributed by atoms with E-state index in [2.05, 4.69) is 15.5 Å². The summed E-state index contributed by atoms with van der Waals surface area (Å²) in [5, 5.41) is 15.2.